The highest BCUT2D eigenvalue weighted by Gasteiger charge is 2.42. The van der Waals surface area contributed by atoms with Crippen LogP contribution in [-0.2, 0) is 17.6 Å². The molecular formula is C32H37Cl3N2O2. The van der Waals surface area contributed by atoms with Crippen LogP contribution in [0.15, 0.2) is 72.8 Å². The number of ether oxygens (including phenoxy) is 1. The van der Waals surface area contributed by atoms with Crippen LogP contribution in [0.4, 0.5) is 0 Å². The van der Waals surface area contributed by atoms with E-state index in [1.807, 2.05) is 36.4 Å². The van der Waals surface area contributed by atoms with E-state index in [-0.39, 0.29) is 30.3 Å². The largest absolute Gasteiger partial charge is 0.497 e. The Hall–Kier alpha value is -2.24. The highest BCUT2D eigenvalue weighted by molar-refractivity contribution is 6.42. The molecule has 7 heteroatoms. The highest BCUT2D eigenvalue weighted by Crippen LogP contribution is 2.39. The molecule has 2 atom stereocenters. The molecular weight excluding hydrogens is 551 g/mol. The first-order valence-electron chi connectivity index (χ1n) is 13.6. The van der Waals surface area contributed by atoms with Gasteiger partial charge in [0.2, 0.25) is 5.91 Å². The van der Waals surface area contributed by atoms with Gasteiger partial charge in [-0.05, 0) is 85.6 Å². The van der Waals surface area contributed by atoms with Gasteiger partial charge in [-0.3, -0.25) is 4.79 Å². The summed E-state index contributed by atoms with van der Waals surface area (Å²) >= 11 is 12.5. The van der Waals surface area contributed by atoms with Crippen LogP contribution in [-0.4, -0.2) is 55.0 Å². The number of nitrogens with zero attached hydrogens (tertiary/aromatic N) is 2. The number of methoxy groups -OCH3 is 1. The molecule has 5 rings (SSSR count). The number of carbonyl (C=O) groups is 1. The summed E-state index contributed by atoms with van der Waals surface area (Å²) < 4.78 is 5.35. The van der Waals surface area contributed by atoms with Crippen molar-refractivity contribution in [3.05, 3.63) is 99.5 Å². The number of amides is 1. The maximum absolute atomic E-state index is 13.4. The summed E-state index contributed by atoms with van der Waals surface area (Å²) in [5.74, 6) is 1.97. The third-order valence-electron chi connectivity index (χ3n) is 8.26. The Bertz CT molecular complexity index is 1230. The van der Waals surface area contributed by atoms with Crippen LogP contribution in [0.5, 0.6) is 5.75 Å². The molecule has 3 aromatic carbocycles. The average Bonchev–Trinajstić information content (AvgIpc) is 2.92. The molecule has 1 amide bonds. The molecule has 2 fully saturated rings. The molecule has 0 saturated carbocycles. The van der Waals surface area contributed by atoms with E-state index in [0.29, 0.717) is 23.0 Å². The molecule has 0 N–H and O–H groups in total. The molecule has 0 spiro atoms. The minimum Gasteiger partial charge on any atom is -0.497 e. The summed E-state index contributed by atoms with van der Waals surface area (Å²) in [7, 11) is 1.65. The fourth-order valence-electron chi connectivity index (χ4n) is 6.00. The van der Waals surface area contributed by atoms with Gasteiger partial charge in [0.05, 0.1) is 23.6 Å². The topological polar surface area (TPSA) is 32.8 Å². The predicted molar refractivity (Wildman–Crippen MR) is 163 cm³/mol. The molecule has 2 unspecified atom stereocenters. The molecule has 0 radical (unpaired) electrons. The van der Waals surface area contributed by atoms with E-state index in [4.69, 9.17) is 27.9 Å². The molecule has 0 aromatic heterocycles. The van der Waals surface area contributed by atoms with Gasteiger partial charge in [0, 0.05) is 25.0 Å². The Morgan fingerprint density at radius 1 is 0.923 bits per heavy atom. The molecule has 2 saturated heterocycles. The van der Waals surface area contributed by atoms with Crippen LogP contribution >= 0.6 is 35.6 Å². The van der Waals surface area contributed by atoms with Gasteiger partial charge >= 0.3 is 0 Å². The molecule has 208 valence electrons. The number of rotatable bonds is 9. The average molecular weight is 588 g/mol. The van der Waals surface area contributed by atoms with Crippen molar-refractivity contribution >= 4 is 41.5 Å². The van der Waals surface area contributed by atoms with Crippen molar-refractivity contribution in [2.24, 2.45) is 5.92 Å². The Morgan fingerprint density at radius 2 is 1.67 bits per heavy atom. The summed E-state index contributed by atoms with van der Waals surface area (Å²) in [6.45, 7) is 3.97. The lowest BCUT2D eigenvalue weighted by atomic mass is 9.80. The lowest BCUT2D eigenvalue weighted by Gasteiger charge is -2.49. The van der Waals surface area contributed by atoms with E-state index in [1.165, 1.54) is 24.8 Å². The third-order valence-corrected chi connectivity index (χ3v) is 8.99. The Kier molecular flexibility index (Phi) is 10.6. The van der Waals surface area contributed by atoms with E-state index >= 15 is 0 Å². The zero-order valence-corrected chi connectivity index (χ0v) is 24.7. The number of halogens is 3. The number of likely N-dealkylation sites (tertiary alicyclic amines) is 2. The lowest BCUT2D eigenvalue weighted by molar-refractivity contribution is -0.140. The fraction of sp³-hybridized carbons (Fsp3) is 0.406. The molecule has 4 nitrogen and oxygen atoms in total. The molecule has 0 bridgehead atoms. The standard InChI is InChI=1S/C32H36Cl2N2O2.ClH/c1-38-27-9-5-8-25(19-27)20-32(37)36-22-28(26-10-11-29(33)30(34)21-26)31(36)14-17-35-15-12-24(13-16-35)18-23-6-3-2-4-7-23;/h2-11,19,21,24,28,31H,12-18,20,22H2,1H3;1H. The van der Waals surface area contributed by atoms with Gasteiger partial charge in [0.15, 0.2) is 0 Å². The maximum atomic E-state index is 13.4. The van der Waals surface area contributed by atoms with Gasteiger partial charge < -0.3 is 14.5 Å². The minimum atomic E-state index is 0. The normalized spacial score (nSPS) is 19.7. The summed E-state index contributed by atoms with van der Waals surface area (Å²) in [5, 5.41) is 1.14. The summed E-state index contributed by atoms with van der Waals surface area (Å²) in [4.78, 5) is 18.0. The van der Waals surface area contributed by atoms with Crippen molar-refractivity contribution in [2.45, 2.75) is 44.1 Å². The number of piperidine rings is 1. The highest BCUT2D eigenvalue weighted by atomic mass is 35.5. The number of carbonyl (C=O) groups excluding carboxylic acids is 1. The first-order valence-corrected chi connectivity index (χ1v) is 14.4. The minimum absolute atomic E-state index is 0. The zero-order chi connectivity index (χ0) is 26.5. The van der Waals surface area contributed by atoms with Crippen molar-refractivity contribution in [2.75, 3.05) is 33.3 Å². The van der Waals surface area contributed by atoms with Gasteiger partial charge in [0.1, 0.15) is 5.75 Å². The second kappa shape index (κ2) is 13.9. The van der Waals surface area contributed by atoms with Gasteiger partial charge in [-0.2, -0.15) is 0 Å². The second-order valence-electron chi connectivity index (χ2n) is 10.7. The molecule has 0 aliphatic carbocycles. The number of benzene rings is 3. The van der Waals surface area contributed by atoms with E-state index in [9.17, 15) is 4.79 Å². The molecule has 2 aliphatic heterocycles. The van der Waals surface area contributed by atoms with Gasteiger partial charge in [-0.15, -0.1) is 12.4 Å². The van der Waals surface area contributed by atoms with Crippen molar-refractivity contribution in [3.8, 4) is 5.75 Å². The van der Waals surface area contributed by atoms with Gasteiger partial charge in [-0.1, -0.05) is 71.7 Å². The van der Waals surface area contributed by atoms with Crippen LogP contribution < -0.4 is 4.74 Å². The van der Waals surface area contributed by atoms with Crippen LogP contribution in [0.2, 0.25) is 10.0 Å². The lowest BCUT2D eigenvalue weighted by Crippen LogP contribution is -2.58. The van der Waals surface area contributed by atoms with Crippen molar-refractivity contribution < 1.29 is 9.53 Å². The monoisotopic (exact) mass is 586 g/mol. The van der Waals surface area contributed by atoms with E-state index < -0.39 is 0 Å². The first-order chi connectivity index (χ1) is 18.5. The summed E-state index contributed by atoms with van der Waals surface area (Å²) in [6.07, 6.45) is 4.97. The third kappa shape index (κ3) is 7.49. The SMILES string of the molecule is COc1cccc(CC(=O)N2CC(c3ccc(Cl)c(Cl)c3)C2CCN2CCC(Cc3ccccc3)CC2)c1.Cl. The Morgan fingerprint density at radius 3 is 2.38 bits per heavy atom. The molecule has 39 heavy (non-hydrogen) atoms. The molecule has 3 aromatic rings. The number of hydrogen-bond donors (Lipinski definition) is 0. The maximum Gasteiger partial charge on any atom is 0.227 e. The second-order valence-corrected chi connectivity index (χ2v) is 11.5. The van der Waals surface area contributed by atoms with Crippen molar-refractivity contribution in [3.63, 3.8) is 0 Å². The van der Waals surface area contributed by atoms with Crippen molar-refractivity contribution in [1.82, 2.24) is 9.80 Å². The first kappa shape index (κ1) is 29.7. The summed E-state index contributed by atoms with van der Waals surface area (Å²) in [6, 6.07) is 24.7. The Labute approximate surface area is 248 Å². The summed E-state index contributed by atoms with van der Waals surface area (Å²) in [5.41, 5.74) is 3.58. The van der Waals surface area contributed by atoms with Crippen LogP contribution in [0.25, 0.3) is 0 Å². The molecule has 2 heterocycles. The van der Waals surface area contributed by atoms with Gasteiger partial charge in [-0.25, -0.2) is 0 Å². The van der Waals surface area contributed by atoms with Gasteiger partial charge in [0.25, 0.3) is 0 Å². The quantitative estimate of drug-likeness (QED) is 0.263. The zero-order valence-electron chi connectivity index (χ0n) is 22.4. The van der Waals surface area contributed by atoms with E-state index in [1.54, 1.807) is 7.11 Å². The predicted octanol–water partition coefficient (Wildman–Crippen LogP) is 7.31. The fourth-order valence-corrected chi connectivity index (χ4v) is 6.30. The smallest absolute Gasteiger partial charge is 0.227 e. The Balaban J connectivity index is 0.00000353. The van der Waals surface area contributed by atoms with E-state index in [2.05, 4.69) is 46.2 Å². The number of hydrogen-bond acceptors (Lipinski definition) is 3. The van der Waals surface area contributed by atoms with Crippen molar-refractivity contribution in [1.29, 1.82) is 0 Å². The van der Waals surface area contributed by atoms with Crippen LogP contribution in [0.3, 0.4) is 0 Å². The molecule has 2 aliphatic rings. The van der Waals surface area contributed by atoms with Crippen LogP contribution in [0.1, 0.15) is 41.9 Å². The van der Waals surface area contributed by atoms with E-state index in [0.717, 1.165) is 48.8 Å². The van der Waals surface area contributed by atoms with Crippen LogP contribution in [0, 0.1) is 5.92 Å².